The van der Waals surface area contributed by atoms with Crippen LogP contribution in [0.1, 0.15) is 18.9 Å². The van der Waals surface area contributed by atoms with Gasteiger partial charge in [0.05, 0.1) is 18.2 Å². The summed E-state index contributed by atoms with van der Waals surface area (Å²) in [6, 6.07) is 1.76. The zero-order valence-electron chi connectivity index (χ0n) is 9.36. The van der Waals surface area contributed by atoms with Crippen LogP contribution in [0.2, 0.25) is 5.02 Å². The Bertz CT molecular complexity index is 328. The van der Waals surface area contributed by atoms with E-state index in [1.165, 1.54) is 6.20 Å². The van der Waals surface area contributed by atoms with Crippen LogP contribution in [0.15, 0.2) is 12.3 Å². The van der Waals surface area contributed by atoms with Gasteiger partial charge in [-0.3, -0.25) is 0 Å². The Kier molecular flexibility index (Phi) is 5.52. The van der Waals surface area contributed by atoms with Crippen LogP contribution in [0.4, 0.5) is 5.82 Å². The van der Waals surface area contributed by atoms with Crippen LogP contribution in [0, 0.1) is 0 Å². The molecule has 1 heterocycles. The van der Waals surface area contributed by atoms with Crippen LogP contribution < -0.4 is 4.90 Å². The molecule has 0 saturated heterocycles. The highest BCUT2D eigenvalue weighted by Gasteiger charge is 2.09. The Balaban J connectivity index is 2.90. The van der Waals surface area contributed by atoms with E-state index >= 15 is 0 Å². The normalized spacial score (nSPS) is 10.5. The Morgan fingerprint density at radius 2 is 2.12 bits per heavy atom. The average molecular weight is 245 g/mol. The van der Waals surface area contributed by atoms with E-state index in [2.05, 4.69) is 11.9 Å². The minimum Gasteiger partial charge on any atom is -0.395 e. The maximum atomic E-state index is 9.10. The van der Waals surface area contributed by atoms with Crippen molar-refractivity contribution in [1.82, 2.24) is 4.98 Å². The second kappa shape index (κ2) is 6.68. The SMILES string of the molecule is CCCN(CCO)c1cc(CO)c(Cl)cn1. The topological polar surface area (TPSA) is 56.6 Å². The molecule has 16 heavy (non-hydrogen) atoms. The first-order chi connectivity index (χ1) is 7.72. The molecule has 0 atom stereocenters. The molecule has 1 aromatic rings. The number of aliphatic hydroxyl groups excluding tert-OH is 2. The molecule has 5 heteroatoms. The highest BCUT2D eigenvalue weighted by Crippen LogP contribution is 2.20. The highest BCUT2D eigenvalue weighted by atomic mass is 35.5. The van der Waals surface area contributed by atoms with Crippen LogP contribution in [0.5, 0.6) is 0 Å². The molecule has 0 aliphatic rings. The van der Waals surface area contributed by atoms with Crippen LogP contribution in [-0.2, 0) is 6.61 Å². The number of pyridine rings is 1. The van der Waals surface area contributed by atoms with Gasteiger partial charge in [0.1, 0.15) is 5.82 Å². The summed E-state index contributed by atoms with van der Waals surface area (Å²) in [5, 5.41) is 18.5. The fourth-order valence-corrected chi connectivity index (χ4v) is 1.66. The molecule has 0 saturated carbocycles. The quantitative estimate of drug-likeness (QED) is 0.795. The number of aliphatic hydroxyl groups is 2. The Morgan fingerprint density at radius 3 is 2.69 bits per heavy atom. The van der Waals surface area contributed by atoms with Crippen molar-refractivity contribution < 1.29 is 10.2 Å². The van der Waals surface area contributed by atoms with Crippen molar-refractivity contribution in [2.75, 3.05) is 24.6 Å². The molecular formula is C11H17ClN2O2. The van der Waals surface area contributed by atoms with Gasteiger partial charge in [-0.15, -0.1) is 0 Å². The molecule has 90 valence electrons. The molecule has 0 aliphatic heterocycles. The van der Waals surface area contributed by atoms with Crippen LogP contribution >= 0.6 is 11.6 Å². The van der Waals surface area contributed by atoms with Crippen molar-refractivity contribution in [2.24, 2.45) is 0 Å². The van der Waals surface area contributed by atoms with Gasteiger partial charge in [0.15, 0.2) is 0 Å². The molecule has 1 rings (SSSR count). The lowest BCUT2D eigenvalue weighted by atomic mass is 10.2. The van der Waals surface area contributed by atoms with Gasteiger partial charge in [-0.25, -0.2) is 4.98 Å². The van der Waals surface area contributed by atoms with Crippen molar-refractivity contribution >= 4 is 17.4 Å². The van der Waals surface area contributed by atoms with E-state index in [0.717, 1.165) is 18.8 Å². The van der Waals surface area contributed by atoms with Crippen LogP contribution in [-0.4, -0.2) is 34.9 Å². The maximum absolute atomic E-state index is 9.10. The van der Waals surface area contributed by atoms with Gasteiger partial charge in [-0.2, -0.15) is 0 Å². The van der Waals surface area contributed by atoms with Gasteiger partial charge in [0, 0.05) is 24.8 Å². The van der Waals surface area contributed by atoms with Crippen LogP contribution in [0.25, 0.3) is 0 Å². The molecular weight excluding hydrogens is 228 g/mol. The molecule has 0 aliphatic carbocycles. The third-order valence-electron chi connectivity index (χ3n) is 2.28. The lowest BCUT2D eigenvalue weighted by Gasteiger charge is -2.22. The van der Waals surface area contributed by atoms with Gasteiger partial charge in [-0.05, 0) is 12.5 Å². The highest BCUT2D eigenvalue weighted by molar-refractivity contribution is 6.31. The van der Waals surface area contributed by atoms with E-state index in [1.807, 2.05) is 4.90 Å². The molecule has 1 aromatic heterocycles. The predicted molar refractivity (Wildman–Crippen MR) is 64.8 cm³/mol. The van der Waals surface area contributed by atoms with Gasteiger partial charge in [0.2, 0.25) is 0 Å². The molecule has 0 spiro atoms. The summed E-state index contributed by atoms with van der Waals surface area (Å²) < 4.78 is 0. The minimum absolute atomic E-state index is 0.0821. The van der Waals surface area contributed by atoms with Crippen molar-refractivity contribution in [3.63, 3.8) is 0 Å². The number of aromatic nitrogens is 1. The predicted octanol–water partition coefficient (Wildman–Crippen LogP) is 1.44. The molecule has 0 amide bonds. The summed E-state index contributed by atoms with van der Waals surface area (Å²) >= 11 is 5.86. The fourth-order valence-electron chi connectivity index (χ4n) is 1.49. The van der Waals surface area contributed by atoms with Crippen LogP contribution in [0.3, 0.4) is 0 Å². The monoisotopic (exact) mass is 244 g/mol. The number of hydrogen-bond donors (Lipinski definition) is 2. The number of nitrogens with zero attached hydrogens (tertiary/aromatic N) is 2. The standard InChI is InChI=1S/C11H17ClN2O2/c1-2-3-14(4-5-15)11-6-9(8-16)10(12)7-13-11/h6-7,15-16H,2-5,8H2,1H3. The maximum Gasteiger partial charge on any atom is 0.129 e. The molecule has 0 radical (unpaired) electrons. The summed E-state index contributed by atoms with van der Waals surface area (Å²) in [6.45, 7) is 3.40. The lowest BCUT2D eigenvalue weighted by Crippen LogP contribution is -2.28. The number of anilines is 1. The van der Waals surface area contributed by atoms with Gasteiger partial charge in [0.25, 0.3) is 0 Å². The molecule has 0 unspecified atom stereocenters. The summed E-state index contributed by atoms with van der Waals surface area (Å²) in [5.74, 6) is 0.740. The van der Waals surface area contributed by atoms with Crippen molar-refractivity contribution in [2.45, 2.75) is 20.0 Å². The lowest BCUT2D eigenvalue weighted by molar-refractivity contribution is 0.281. The van der Waals surface area contributed by atoms with E-state index in [-0.39, 0.29) is 13.2 Å². The largest absolute Gasteiger partial charge is 0.395 e. The summed E-state index contributed by atoms with van der Waals surface area (Å²) in [6.07, 6.45) is 2.50. The third kappa shape index (κ3) is 3.33. The summed E-state index contributed by atoms with van der Waals surface area (Å²) in [4.78, 5) is 6.16. The third-order valence-corrected chi connectivity index (χ3v) is 2.62. The molecule has 0 bridgehead atoms. The zero-order valence-corrected chi connectivity index (χ0v) is 10.1. The molecule has 2 N–H and O–H groups in total. The Labute approximate surface area is 100 Å². The summed E-state index contributed by atoms with van der Waals surface area (Å²) in [5.41, 5.74) is 0.658. The zero-order chi connectivity index (χ0) is 12.0. The van der Waals surface area contributed by atoms with Gasteiger partial charge < -0.3 is 15.1 Å². The first-order valence-corrected chi connectivity index (χ1v) is 5.71. The Hall–Kier alpha value is -0.840. The van der Waals surface area contributed by atoms with E-state index < -0.39 is 0 Å². The Morgan fingerprint density at radius 1 is 1.38 bits per heavy atom. The van der Waals surface area contributed by atoms with E-state index in [0.29, 0.717) is 17.1 Å². The van der Waals surface area contributed by atoms with Gasteiger partial charge in [-0.1, -0.05) is 18.5 Å². The minimum atomic E-state index is -0.104. The van der Waals surface area contributed by atoms with Gasteiger partial charge >= 0.3 is 0 Å². The van der Waals surface area contributed by atoms with Crippen molar-refractivity contribution in [1.29, 1.82) is 0 Å². The average Bonchev–Trinajstić information content (AvgIpc) is 2.29. The number of hydrogen-bond acceptors (Lipinski definition) is 4. The molecule has 0 fully saturated rings. The van der Waals surface area contributed by atoms with Crippen molar-refractivity contribution in [3.8, 4) is 0 Å². The second-order valence-corrected chi connectivity index (χ2v) is 3.91. The second-order valence-electron chi connectivity index (χ2n) is 3.50. The van der Waals surface area contributed by atoms with E-state index in [1.54, 1.807) is 6.07 Å². The van der Waals surface area contributed by atoms with E-state index in [9.17, 15) is 0 Å². The van der Waals surface area contributed by atoms with Crippen molar-refractivity contribution in [3.05, 3.63) is 22.8 Å². The number of halogens is 1. The summed E-state index contributed by atoms with van der Waals surface area (Å²) in [7, 11) is 0. The first kappa shape index (κ1) is 13.2. The molecule has 0 aromatic carbocycles. The van der Waals surface area contributed by atoms with E-state index in [4.69, 9.17) is 21.8 Å². The first-order valence-electron chi connectivity index (χ1n) is 5.34. The molecule has 4 nitrogen and oxygen atoms in total. The smallest absolute Gasteiger partial charge is 0.129 e. The number of rotatable bonds is 6. The fraction of sp³-hybridized carbons (Fsp3) is 0.545.